The fraction of sp³-hybridized carbons (Fsp3) is 0.600. The van der Waals surface area contributed by atoms with Gasteiger partial charge in [0.05, 0.1) is 0 Å². The molecule has 0 saturated heterocycles. The number of fused-ring (bicyclic) bond motifs is 1. The van der Waals surface area contributed by atoms with Crippen molar-refractivity contribution in [2.45, 2.75) is 39.7 Å². The van der Waals surface area contributed by atoms with E-state index in [1.807, 2.05) is 0 Å². The van der Waals surface area contributed by atoms with Crippen molar-refractivity contribution in [1.82, 2.24) is 0 Å². The van der Waals surface area contributed by atoms with Crippen molar-refractivity contribution in [3.63, 3.8) is 0 Å². The summed E-state index contributed by atoms with van der Waals surface area (Å²) in [6.07, 6.45) is 1.10. The maximum absolute atomic E-state index is 6.21. The predicted molar refractivity (Wildman–Crippen MR) is 72.3 cm³/mol. The number of anilines is 1. The van der Waals surface area contributed by atoms with E-state index in [0.717, 1.165) is 19.6 Å². The molecular weight excluding hydrogens is 210 g/mol. The lowest BCUT2D eigenvalue weighted by atomic mass is 9.70. The Labute approximate surface area is 104 Å². The molecule has 1 atom stereocenters. The molecule has 17 heavy (non-hydrogen) atoms. The van der Waals surface area contributed by atoms with E-state index in [9.17, 15) is 0 Å². The van der Waals surface area contributed by atoms with Crippen molar-refractivity contribution in [3.8, 4) is 0 Å². The highest BCUT2D eigenvalue weighted by Gasteiger charge is 2.50. The molecule has 1 aromatic rings. The van der Waals surface area contributed by atoms with Gasteiger partial charge in [-0.05, 0) is 24.8 Å². The molecule has 1 unspecified atom stereocenters. The molecule has 0 aliphatic carbocycles. The normalized spacial score (nSPS) is 23.3. The van der Waals surface area contributed by atoms with Crippen LogP contribution in [0.25, 0.3) is 0 Å². The van der Waals surface area contributed by atoms with Gasteiger partial charge in [-0.25, -0.2) is 0 Å². The topological polar surface area (TPSA) is 21.3 Å². The van der Waals surface area contributed by atoms with E-state index in [1.54, 1.807) is 0 Å². The van der Waals surface area contributed by atoms with Gasteiger partial charge in [0.25, 0.3) is 0 Å². The monoisotopic (exact) mass is 233 g/mol. The van der Waals surface area contributed by atoms with Crippen molar-refractivity contribution < 1.29 is 4.74 Å². The number of rotatable bonds is 4. The average molecular weight is 233 g/mol. The van der Waals surface area contributed by atoms with E-state index in [4.69, 9.17) is 4.74 Å². The summed E-state index contributed by atoms with van der Waals surface area (Å²) in [4.78, 5) is 0. The zero-order valence-corrected chi connectivity index (χ0v) is 11.3. The van der Waals surface area contributed by atoms with Gasteiger partial charge in [-0.3, -0.25) is 0 Å². The van der Waals surface area contributed by atoms with Crippen molar-refractivity contribution in [2.75, 3.05) is 18.5 Å². The van der Waals surface area contributed by atoms with E-state index >= 15 is 0 Å². The lowest BCUT2D eigenvalue weighted by molar-refractivity contribution is -0.114. The molecule has 0 amide bonds. The van der Waals surface area contributed by atoms with Gasteiger partial charge >= 0.3 is 0 Å². The second-order valence-corrected chi connectivity index (χ2v) is 5.40. The summed E-state index contributed by atoms with van der Waals surface area (Å²) in [7, 11) is 0. The van der Waals surface area contributed by atoms with Crippen LogP contribution in [0.3, 0.4) is 0 Å². The zero-order valence-electron chi connectivity index (χ0n) is 11.3. The molecule has 0 spiro atoms. The lowest BCUT2D eigenvalue weighted by Gasteiger charge is -2.43. The molecule has 0 fully saturated rings. The zero-order chi connectivity index (χ0) is 12.5. The largest absolute Gasteiger partial charge is 0.381 e. The molecule has 1 heterocycles. The summed E-state index contributed by atoms with van der Waals surface area (Å²) in [5.41, 5.74) is 2.48. The van der Waals surface area contributed by atoms with Crippen LogP contribution in [0, 0.1) is 5.41 Å². The minimum absolute atomic E-state index is 0.128. The summed E-state index contributed by atoms with van der Waals surface area (Å²) in [5, 5.41) is 3.49. The molecule has 1 N–H and O–H groups in total. The highest BCUT2D eigenvalue weighted by Crippen LogP contribution is 2.50. The Morgan fingerprint density at radius 3 is 2.65 bits per heavy atom. The van der Waals surface area contributed by atoms with E-state index in [0.29, 0.717) is 0 Å². The van der Waals surface area contributed by atoms with Gasteiger partial charge in [-0.2, -0.15) is 0 Å². The molecule has 1 aromatic carbocycles. The molecule has 1 aliphatic heterocycles. The highest BCUT2D eigenvalue weighted by molar-refractivity contribution is 5.60. The molecule has 2 nitrogen and oxygen atoms in total. The Kier molecular flexibility index (Phi) is 3.17. The smallest absolute Gasteiger partial charge is 0.117 e. The van der Waals surface area contributed by atoms with Gasteiger partial charge < -0.3 is 10.1 Å². The minimum atomic E-state index is -0.187. The van der Waals surface area contributed by atoms with E-state index < -0.39 is 0 Å². The third-order valence-electron chi connectivity index (χ3n) is 4.26. The van der Waals surface area contributed by atoms with Crippen LogP contribution in [0.15, 0.2) is 24.3 Å². The lowest BCUT2D eigenvalue weighted by Crippen LogP contribution is -2.46. The van der Waals surface area contributed by atoms with Crippen LogP contribution < -0.4 is 5.32 Å². The second kappa shape index (κ2) is 4.34. The van der Waals surface area contributed by atoms with E-state index in [-0.39, 0.29) is 11.0 Å². The van der Waals surface area contributed by atoms with E-state index in [1.165, 1.54) is 11.3 Å². The number of hydrogen-bond acceptors (Lipinski definition) is 2. The first kappa shape index (κ1) is 12.4. The highest BCUT2D eigenvalue weighted by atomic mass is 16.5. The second-order valence-electron chi connectivity index (χ2n) is 5.40. The summed E-state index contributed by atoms with van der Waals surface area (Å²) < 4.78 is 6.21. The van der Waals surface area contributed by atoms with Crippen molar-refractivity contribution >= 4 is 5.69 Å². The quantitative estimate of drug-likeness (QED) is 0.854. The summed E-state index contributed by atoms with van der Waals surface area (Å²) >= 11 is 0. The molecule has 2 heteroatoms. The Balaban J connectivity index is 2.51. The maximum atomic E-state index is 6.21. The van der Waals surface area contributed by atoms with Crippen LogP contribution in [-0.4, -0.2) is 13.2 Å². The van der Waals surface area contributed by atoms with Crippen molar-refractivity contribution in [1.29, 1.82) is 0 Å². The number of para-hydroxylation sites is 1. The third kappa shape index (κ3) is 1.75. The number of hydrogen-bond donors (Lipinski definition) is 1. The van der Waals surface area contributed by atoms with Crippen LogP contribution >= 0.6 is 0 Å². The summed E-state index contributed by atoms with van der Waals surface area (Å²) in [5.74, 6) is 0. The fourth-order valence-corrected chi connectivity index (χ4v) is 2.76. The van der Waals surface area contributed by atoms with Gasteiger partial charge in [0.15, 0.2) is 0 Å². The van der Waals surface area contributed by atoms with Gasteiger partial charge in [0.2, 0.25) is 0 Å². The Hall–Kier alpha value is -1.02. The third-order valence-corrected chi connectivity index (χ3v) is 4.26. The molecule has 0 bridgehead atoms. The minimum Gasteiger partial charge on any atom is -0.381 e. The molecule has 0 radical (unpaired) electrons. The molecule has 0 aromatic heterocycles. The van der Waals surface area contributed by atoms with Crippen LogP contribution in [0.5, 0.6) is 0 Å². The molecule has 1 aliphatic rings. The van der Waals surface area contributed by atoms with Crippen LogP contribution in [0.1, 0.15) is 39.7 Å². The first-order chi connectivity index (χ1) is 8.07. The van der Waals surface area contributed by atoms with Crippen molar-refractivity contribution in [3.05, 3.63) is 29.8 Å². The number of nitrogens with one attached hydrogen (secondary N) is 1. The summed E-state index contributed by atoms with van der Waals surface area (Å²) in [6.45, 7) is 10.5. The molecule has 0 saturated carbocycles. The molecule has 94 valence electrons. The van der Waals surface area contributed by atoms with Crippen LogP contribution in [-0.2, 0) is 10.3 Å². The first-order valence-corrected chi connectivity index (χ1v) is 6.55. The Bertz CT molecular complexity index is 396. The number of ether oxygens (including phenoxy) is 1. The van der Waals surface area contributed by atoms with Gasteiger partial charge in [-0.15, -0.1) is 0 Å². The standard InChI is InChI=1S/C15H23NO/c1-5-14(3,4)15(17-6-2)11-16-13-10-8-7-9-12(13)15/h7-10,16H,5-6,11H2,1-4H3. The predicted octanol–water partition coefficient (Wildman–Crippen LogP) is 3.78. The van der Waals surface area contributed by atoms with Crippen molar-refractivity contribution in [2.24, 2.45) is 5.41 Å². The van der Waals surface area contributed by atoms with Crippen LogP contribution in [0.2, 0.25) is 0 Å². The Morgan fingerprint density at radius 2 is 2.00 bits per heavy atom. The maximum Gasteiger partial charge on any atom is 0.117 e. The van der Waals surface area contributed by atoms with Gasteiger partial charge in [0, 0.05) is 24.4 Å². The van der Waals surface area contributed by atoms with Gasteiger partial charge in [-0.1, -0.05) is 39.0 Å². The Morgan fingerprint density at radius 1 is 1.29 bits per heavy atom. The SMILES string of the molecule is CCOC1(C(C)(C)CC)CNc2ccccc21. The average Bonchev–Trinajstić information content (AvgIpc) is 2.71. The fourth-order valence-electron chi connectivity index (χ4n) is 2.76. The molecule has 2 rings (SSSR count). The summed E-state index contributed by atoms with van der Waals surface area (Å²) in [6, 6.07) is 8.52. The van der Waals surface area contributed by atoms with Crippen LogP contribution in [0.4, 0.5) is 5.69 Å². The molecular formula is C15H23NO. The van der Waals surface area contributed by atoms with E-state index in [2.05, 4.69) is 57.3 Å². The first-order valence-electron chi connectivity index (χ1n) is 6.55. The number of benzene rings is 1. The van der Waals surface area contributed by atoms with Gasteiger partial charge in [0.1, 0.15) is 5.60 Å².